The number of nitrogens with one attached hydrogen (secondary N) is 1. The van der Waals surface area contributed by atoms with Crippen LogP contribution < -0.4 is 10.9 Å². The van der Waals surface area contributed by atoms with Crippen molar-refractivity contribution in [1.29, 1.82) is 0 Å². The Balaban J connectivity index is 1.76. The summed E-state index contributed by atoms with van der Waals surface area (Å²) in [6.45, 7) is 4.34. The highest BCUT2D eigenvalue weighted by Gasteiger charge is 2.23. The van der Waals surface area contributed by atoms with Crippen molar-refractivity contribution in [3.8, 4) is 0 Å². The molecule has 7 nitrogen and oxygen atoms in total. The lowest BCUT2D eigenvalue weighted by Crippen LogP contribution is -2.36. The van der Waals surface area contributed by atoms with Gasteiger partial charge in [0.15, 0.2) is 11.8 Å². The van der Waals surface area contributed by atoms with E-state index in [4.69, 9.17) is 4.74 Å². The number of carbonyl (C=O) groups is 2. The van der Waals surface area contributed by atoms with E-state index >= 15 is 0 Å². The Labute approximate surface area is 181 Å². The lowest BCUT2D eigenvalue weighted by molar-refractivity contribution is -0.129. The van der Waals surface area contributed by atoms with E-state index in [9.17, 15) is 14.4 Å². The van der Waals surface area contributed by atoms with Crippen molar-refractivity contribution in [3.05, 3.63) is 76.2 Å². The molecule has 1 unspecified atom stereocenters. The number of rotatable bonds is 9. The maximum Gasteiger partial charge on any atom is 0.360 e. The minimum absolute atomic E-state index is 0.0365. The number of carbonyl (C=O) groups excluding carboxylic acids is 2. The Bertz CT molecular complexity index is 1110. The van der Waals surface area contributed by atoms with Gasteiger partial charge in [-0.15, -0.1) is 0 Å². The number of aromatic nitrogens is 2. The molecule has 0 spiro atoms. The second-order valence-electron chi connectivity index (χ2n) is 7.38. The summed E-state index contributed by atoms with van der Waals surface area (Å²) in [6, 6.07) is 16.3. The van der Waals surface area contributed by atoms with E-state index in [0.717, 1.165) is 24.8 Å². The van der Waals surface area contributed by atoms with Crippen LogP contribution in [0.3, 0.4) is 0 Å². The smallest absolute Gasteiger partial charge is 0.360 e. The molecule has 2 aromatic carbocycles. The summed E-state index contributed by atoms with van der Waals surface area (Å²) < 4.78 is 6.70. The number of esters is 1. The zero-order valence-electron chi connectivity index (χ0n) is 17.8. The predicted octanol–water partition coefficient (Wildman–Crippen LogP) is 3.45. The number of hydrogen-bond donors (Lipinski definition) is 1. The molecule has 0 bridgehead atoms. The molecule has 1 heterocycles. The van der Waals surface area contributed by atoms with E-state index in [-0.39, 0.29) is 11.3 Å². The van der Waals surface area contributed by atoms with Gasteiger partial charge in [-0.25, -0.2) is 9.48 Å². The summed E-state index contributed by atoms with van der Waals surface area (Å²) in [5.41, 5.74) is 0.743. The lowest BCUT2D eigenvalue weighted by atomic mass is 10.1. The van der Waals surface area contributed by atoms with E-state index in [1.807, 2.05) is 30.3 Å². The van der Waals surface area contributed by atoms with Gasteiger partial charge in [0, 0.05) is 18.5 Å². The minimum atomic E-state index is -1.00. The van der Waals surface area contributed by atoms with Gasteiger partial charge in [-0.1, -0.05) is 68.3 Å². The molecule has 162 valence electrons. The average molecular weight is 421 g/mol. The number of hydrogen-bond acceptors (Lipinski definition) is 5. The first-order chi connectivity index (χ1) is 15.0. The number of unbranched alkanes of at least 4 members (excludes halogenated alkanes) is 2. The van der Waals surface area contributed by atoms with E-state index in [1.54, 1.807) is 24.3 Å². The first kappa shape index (κ1) is 22.2. The average Bonchev–Trinajstić information content (AvgIpc) is 2.79. The third-order valence-corrected chi connectivity index (χ3v) is 5.00. The predicted molar refractivity (Wildman–Crippen MR) is 119 cm³/mol. The van der Waals surface area contributed by atoms with Crippen LogP contribution in [-0.4, -0.2) is 27.8 Å². The van der Waals surface area contributed by atoms with Gasteiger partial charge in [0.05, 0.1) is 5.39 Å². The van der Waals surface area contributed by atoms with Crippen LogP contribution in [0.25, 0.3) is 10.8 Å². The summed E-state index contributed by atoms with van der Waals surface area (Å²) in [6.07, 6.45) is 1.75. The number of amides is 1. The summed E-state index contributed by atoms with van der Waals surface area (Å²) >= 11 is 0. The minimum Gasteiger partial charge on any atom is -0.448 e. The van der Waals surface area contributed by atoms with Crippen molar-refractivity contribution in [3.63, 3.8) is 0 Å². The molecule has 0 fully saturated rings. The van der Waals surface area contributed by atoms with E-state index < -0.39 is 18.0 Å². The molecule has 1 aromatic heterocycles. The standard InChI is InChI=1S/C24H27N3O4/c1-3-4-10-15-27-23(29)20-14-9-8-13-19(20)21(26-27)24(30)31-17(2)22(28)25-16-18-11-6-5-7-12-18/h5-9,11-14,17H,3-4,10,15-16H2,1-2H3,(H,25,28). The molecule has 1 N–H and O–H groups in total. The maximum atomic E-state index is 12.9. The number of nitrogens with zero attached hydrogens (tertiary/aromatic N) is 2. The van der Waals surface area contributed by atoms with Crippen molar-refractivity contribution in [2.24, 2.45) is 0 Å². The van der Waals surface area contributed by atoms with Crippen LogP contribution in [-0.2, 0) is 22.6 Å². The molecular weight excluding hydrogens is 394 g/mol. The fourth-order valence-corrected chi connectivity index (χ4v) is 3.25. The number of fused-ring (bicyclic) bond motifs is 1. The van der Waals surface area contributed by atoms with Gasteiger partial charge in [0.1, 0.15) is 0 Å². The zero-order chi connectivity index (χ0) is 22.2. The second-order valence-corrected chi connectivity index (χ2v) is 7.38. The van der Waals surface area contributed by atoms with Crippen LogP contribution in [0.1, 0.15) is 49.2 Å². The monoisotopic (exact) mass is 421 g/mol. The number of ether oxygens (including phenoxy) is 1. The molecule has 0 saturated carbocycles. The summed E-state index contributed by atoms with van der Waals surface area (Å²) in [5.74, 6) is -1.14. The Morgan fingerprint density at radius 1 is 1.03 bits per heavy atom. The Morgan fingerprint density at radius 2 is 1.71 bits per heavy atom. The van der Waals surface area contributed by atoms with Gasteiger partial charge in [0.25, 0.3) is 11.5 Å². The van der Waals surface area contributed by atoms with Crippen LogP contribution in [0.15, 0.2) is 59.4 Å². The third kappa shape index (κ3) is 5.57. The van der Waals surface area contributed by atoms with E-state index in [1.165, 1.54) is 11.6 Å². The van der Waals surface area contributed by atoms with Gasteiger partial charge in [0.2, 0.25) is 0 Å². The topological polar surface area (TPSA) is 90.3 Å². The lowest BCUT2D eigenvalue weighted by Gasteiger charge is -2.15. The fourth-order valence-electron chi connectivity index (χ4n) is 3.25. The van der Waals surface area contributed by atoms with Crippen molar-refractivity contribution >= 4 is 22.6 Å². The SMILES string of the molecule is CCCCCn1nc(C(=O)OC(C)C(=O)NCc2ccccc2)c2ccccc2c1=O. The number of benzene rings is 2. The van der Waals surface area contributed by atoms with Crippen LogP contribution in [0.4, 0.5) is 0 Å². The van der Waals surface area contributed by atoms with Gasteiger partial charge in [-0.05, 0) is 25.0 Å². The Hall–Kier alpha value is -3.48. The summed E-state index contributed by atoms with van der Waals surface area (Å²) in [4.78, 5) is 38.0. The quantitative estimate of drug-likeness (QED) is 0.422. The molecule has 0 saturated heterocycles. The molecule has 0 aliphatic rings. The molecule has 3 rings (SSSR count). The first-order valence-electron chi connectivity index (χ1n) is 10.5. The van der Waals surface area contributed by atoms with Gasteiger partial charge >= 0.3 is 5.97 Å². The van der Waals surface area contributed by atoms with Gasteiger partial charge in [-0.2, -0.15) is 5.10 Å². The summed E-state index contributed by atoms with van der Waals surface area (Å²) in [5, 5.41) is 7.85. The molecule has 0 aliphatic carbocycles. The van der Waals surface area contributed by atoms with Crippen LogP contribution in [0.5, 0.6) is 0 Å². The largest absolute Gasteiger partial charge is 0.448 e. The van der Waals surface area contributed by atoms with Crippen LogP contribution in [0, 0.1) is 0 Å². The van der Waals surface area contributed by atoms with Crippen molar-refractivity contribution < 1.29 is 14.3 Å². The Morgan fingerprint density at radius 3 is 2.42 bits per heavy atom. The van der Waals surface area contributed by atoms with Crippen LogP contribution >= 0.6 is 0 Å². The van der Waals surface area contributed by atoms with Gasteiger partial charge < -0.3 is 10.1 Å². The van der Waals surface area contributed by atoms with Crippen molar-refractivity contribution in [2.75, 3.05) is 0 Å². The third-order valence-electron chi connectivity index (χ3n) is 5.00. The normalized spacial score (nSPS) is 11.8. The van der Waals surface area contributed by atoms with Crippen molar-refractivity contribution in [2.45, 2.75) is 52.3 Å². The molecule has 1 atom stereocenters. The molecule has 0 radical (unpaired) electrons. The second kappa shape index (κ2) is 10.5. The van der Waals surface area contributed by atoms with E-state index in [2.05, 4.69) is 17.3 Å². The molecule has 3 aromatic rings. The molecule has 31 heavy (non-hydrogen) atoms. The first-order valence-corrected chi connectivity index (χ1v) is 10.5. The van der Waals surface area contributed by atoms with Gasteiger partial charge in [-0.3, -0.25) is 9.59 Å². The maximum absolute atomic E-state index is 12.9. The molecular formula is C24H27N3O4. The zero-order valence-corrected chi connectivity index (χ0v) is 17.8. The highest BCUT2D eigenvalue weighted by molar-refractivity contribution is 6.02. The molecule has 0 aliphatic heterocycles. The van der Waals surface area contributed by atoms with E-state index in [0.29, 0.717) is 23.9 Å². The Kier molecular flexibility index (Phi) is 7.54. The highest BCUT2D eigenvalue weighted by atomic mass is 16.5. The number of aryl methyl sites for hydroxylation is 1. The molecule has 7 heteroatoms. The fraction of sp³-hybridized carbons (Fsp3) is 0.333. The van der Waals surface area contributed by atoms with Crippen LogP contribution in [0.2, 0.25) is 0 Å². The molecule has 1 amide bonds. The van der Waals surface area contributed by atoms with Crippen molar-refractivity contribution in [1.82, 2.24) is 15.1 Å². The highest BCUT2D eigenvalue weighted by Crippen LogP contribution is 2.15. The summed E-state index contributed by atoms with van der Waals surface area (Å²) in [7, 11) is 0.